The van der Waals surface area contributed by atoms with Crippen molar-refractivity contribution in [3.8, 4) is 0 Å². The Hall–Kier alpha value is -1.65. The van der Waals surface area contributed by atoms with Gasteiger partial charge in [-0.05, 0) is 24.8 Å². The van der Waals surface area contributed by atoms with E-state index in [1.165, 1.54) is 5.56 Å². The van der Waals surface area contributed by atoms with E-state index in [0.29, 0.717) is 6.10 Å². The normalized spacial score (nSPS) is 15.0. The highest BCUT2D eigenvalue weighted by Crippen LogP contribution is 2.14. The third kappa shape index (κ3) is 8.42. The van der Waals surface area contributed by atoms with E-state index in [1.54, 1.807) is 7.11 Å². The first-order valence-corrected chi connectivity index (χ1v) is 10.9. The molecule has 31 heavy (non-hydrogen) atoms. The van der Waals surface area contributed by atoms with E-state index in [0.717, 1.165) is 76.9 Å². The number of ether oxygens (including phenoxy) is 2. The summed E-state index contributed by atoms with van der Waals surface area (Å²) >= 11 is 0. The zero-order chi connectivity index (χ0) is 21.0. The smallest absolute Gasteiger partial charge is 0.193 e. The Labute approximate surface area is 203 Å². The van der Waals surface area contributed by atoms with Gasteiger partial charge in [-0.1, -0.05) is 30.3 Å². The quantitative estimate of drug-likeness (QED) is 0.217. The molecule has 2 heterocycles. The van der Waals surface area contributed by atoms with Gasteiger partial charge in [0.05, 0.1) is 6.10 Å². The van der Waals surface area contributed by atoms with Gasteiger partial charge in [0.25, 0.3) is 0 Å². The zero-order valence-corrected chi connectivity index (χ0v) is 21.0. The van der Waals surface area contributed by atoms with Crippen molar-refractivity contribution in [2.75, 3.05) is 47.0 Å². The molecule has 1 fully saturated rings. The highest BCUT2D eigenvalue weighted by molar-refractivity contribution is 14.0. The van der Waals surface area contributed by atoms with Crippen molar-refractivity contribution in [2.45, 2.75) is 38.3 Å². The fourth-order valence-electron chi connectivity index (χ4n) is 3.80. The lowest BCUT2D eigenvalue weighted by Crippen LogP contribution is -2.47. The highest BCUT2D eigenvalue weighted by atomic mass is 127. The van der Waals surface area contributed by atoms with Crippen LogP contribution in [0.3, 0.4) is 0 Å². The average Bonchev–Trinajstić information content (AvgIpc) is 3.22. The van der Waals surface area contributed by atoms with E-state index < -0.39 is 0 Å². The maximum atomic E-state index is 5.96. The Morgan fingerprint density at radius 3 is 2.68 bits per heavy atom. The second-order valence-corrected chi connectivity index (χ2v) is 7.58. The summed E-state index contributed by atoms with van der Waals surface area (Å²) in [5.74, 6) is 2.05. The van der Waals surface area contributed by atoms with Crippen LogP contribution in [0.1, 0.15) is 30.7 Å². The summed E-state index contributed by atoms with van der Waals surface area (Å²) in [4.78, 5) is 11.3. The SMILES string of the molecule is CN=C(NCCc1nccn1Cc1ccccc1)N1CCC(OCCCOC)CC1.I. The van der Waals surface area contributed by atoms with Gasteiger partial charge in [0.2, 0.25) is 0 Å². The maximum absolute atomic E-state index is 5.96. The van der Waals surface area contributed by atoms with Crippen molar-refractivity contribution in [2.24, 2.45) is 4.99 Å². The molecule has 0 saturated carbocycles. The van der Waals surface area contributed by atoms with Crippen molar-refractivity contribution in [1.82, 2.24) is 19.8 Å². The highest BCUT2D eigenvalue weighted by Gasteiger charge is 2.21. The Morgan fingerprint density at radius 2 is 1.97 bits per heavy atom. The number of nitrogens with zero attached hydrogens (tertiary/aromatic N) is 4. The van der Waals surface area contributed by atoms with Crippen LogP contribution in [0.25, 0.3) is 0 Å². The molecule has 0 amide bonds. The number of nitrogens with one attached hydrogen (secondary N) is 1. The number of hydrogen-bond acceptors (Lipinski definition) is 4. The molecule has 1 aliphatic heterocycles. The van der Waals surface area contributed by atoms with Crippen LogP contribution in [0.5, 0.6) is 0 Å². The first kappa shape index (κ1) is 25.6. The monoisotopic (exact) mass is 541 g/mol. The maximum Gasteiger partial charge on any atom is 0.193 e. The second kappa shape index (κ2) is 14.4. The number of piperidine rings is 1. The molecule has 172 valence electrons. The van der Waals surface area contributed by atoms with Crippen molar-refractivity contribution in [3.63, 3.8) is 0 Å². The molecule has 1 aromatic heterocycles. The summed E-state index contributed by atoms with van der Waals surface area (Å²) in [7, 11) is 3.58. The van der Waals surface area contributed by atoms with Crippen molar-refractivity contribution >= 4 is 29.9 Å². The topological polar surface area (TPSA) is 63.9 Å². The minimum atomic E-state index is 0. The van der Waals surface area contributed by atoms with Crippen LogP contribution in [-0.4, -0.2) is 73.5 Å². The molecule has 0 bridgehead atoms. The fourth-order valence-corrected chi connectivity index (χ4v) is 3.80. The minimum Gasteiger partial charge on any atom is -0.385 e. The number of hydrogen-bond donors (Lipinski definition) is 1. The largest absolute Gasteiger partial charge is 0.385 e. The van der Waals surface area contributed by atoms with E-state index in [-0.39, 0.29) is 24.0 Å². The average molecular weight is 541 g/mol. The standard InChI is InChI=1S/C23H35N5O2.HI/c1-24-23(27-14-10-21(11-15-27)30-18-6-17-29-2)26-12-9-22-25-13-16-28(22)19-20-7-4-3-5-8-20;/h3-5,7-8,13,16,21H,6,9-12,14-15,17-19H2,1-2H3,(H,24,26);1H. The molecule has 0 atom stereocenters. The number of methoxy groups -OCH3 is 1. The van der Waals surface area contributed by atoms with Crippen molar-refractivity contribution in [3.05, 3.63) is 54.1 Å². The third-order valence-electron chi connectivity index (χ3n) is 5.43. The van der Waals surface area contributed by atoms with E-state index in [4.69, 9.17) is 9.47 Å². The van der Waals surface area contributed by atoms with Gasteiger partial charge >= 0.3 is 0 Å². The Bertz CT molecular complexity index is 760. The first-order chi connectivity index (χ1) is 14.8. The van der Waals surface area contributed by atoms with Crippen LogP contribution in [-0.2, 0) is 22.4 Å². The van der Waals surface area contributed by atoms with Gasteiger partial charge in [0.1, 0.15) is 5.82 Å². The molecule has 0 aliphatic carbocycles. The van der Waals surface area contributed by atoms with Gasteiger partial charge in [0, 0.05) is 72.4 Å². The van der Waals surface area contributed by atoms with E-state index in [2.05, 4.69) is 55.2 Å². The van der Waals surface area contributed by atoms with Crippen LogP contribution in [0.2, 0.25) is 0 Å². The summed E-state index contributed by atoms with van der Waals surface area (Å²) in [5.41, 5.74) is 1.29. The van der Waals surface area contributed by atoms with E-state index >= 15 is 0 Å². The van der Waals surface area contributed by atoms with Crippen LogP contribution >= 0.6 is 24.0 Å². The molecule has 1 saturated heterocycles. The van der Waals surface area contributed by atoms with Crippen LogP contribution < -0.4 is 5.32 Å². The van der Waals surface area contributed by atoms with Gasteiger partial charge in [-0.25, -0.2) is 4.98 Å². The Kier molecular flexibility index (Phi) is 11.9. The molecule has 3 rings (SSSR count). The summed E-state index contributed by atoms with van der Waals surface area (Å²) in [5, 5.41) is 3.51. The fraction of sp³-hybridized carbons (Fsp3) is 0.565. The lowest BCUT2D eigenvalue weighted by Gasteiger charge is -2.34. The Morgan fingerprint density at radius 1 is 1.19 bits per heavy atom. The first-order valence-electron chi connectivity index (χ1n) is 10.9. The summed E-state index contributed by atoms with van der Waals surface area (Å²) < 4.78 is 13.3. The van der Waals surface area contributed by atoms with Gasteiger partial charge in [-0.3, -0.25) is 4.99 Å². The molecule has 0 unspecified atom stereocenters. The van der Waals surface area contributed by atoms with Gasteiger partial charge < -0.3 is 24.3 Å². The number of imidazole rings is 1. The number of benzene rings is 1. The van der Waals surface area contributed by atoms with Crippen LogP contribution in [0.4, 0.5) is 0 Å². The number of likely N-dealkylation sites (tertiary alicyclic amines) is 1. The summed E-state index contributed by atoms with van der Waals surface area (Å²) in [6.45, 7) is 5.14. The lowest BCUT2D eigenvalue weighted by molar-refractivity contribution is 0.00991. The molecular formula is C23H36IN5O2. The van der Waals surface area contributed by atoms with Crippen LogP contribution in [0.15, 0.2) is 47.7 Å². The molecule has 1 N–H and O–H groups in total. The number of rotatable bonds is 10. The minimum absolute atomic E-state index is 0. The number of aromatic nitrogens is 2. The van der Waals surface area contributed by atoms with E-state index in [1.807, 2.05) is 19.3 Å². The summed E-state index contributed by atoms with van der Waals surface area (Å²) in [6.07, 6.45) is 8.17. The molecule has 1 aliphatic rings. The number of guanidine groups is 1. The molecule has 8 heteroatoms. The molecule has 0 radical (unpaired) electrons. The number of aliphatic imine (C=N–C) groups is 1. The van der Waals surface area contributed by atoms with Gasteiger partial charge in [-0.2, -0.15) is 0 Å². The summed E-state index contributed by atoms with van der Waals surface area (Å²) in [6, 6.07) is 10.5. The Balaban J connectivity index is 0.00000341. The van der Waals surface area contributed by atoms with Crippen LogP contribution in [0, 0.1) is 0 Å². The van der Waals surface area contributed by atoms with Crippen molar-refractivity contribution < 1.29 is 9.47 Å². The molecule has 1 aromatic carbocycles. The number of halogens is 1. The van der Waals surface area contributed by atoms with Crippen molar-refractivity contribution in [1.29, 1.82) is 0 Å². The molecule has 0 spiro atoms. The van der Waals surface area contributed by atoms with Gasteiger partial charge in [-0.15, -0.1) is 24.0 Å². The predicted octanol–water partition coefficient (Wildman–Crippen LogP) is 3.18. The second-order valence-electron chi connectivity index (χ2n) is 7.58. The molecule has 7 nitrogen and oxygen atoms in total. The zero-order valence-electron chi connectivity index (χ0n) is 18.7. The predicted molar refractivity (Wildman–Crippen MR) is 135 cm³/mol. The molecule has 2 aromatic rings. The lowest BCUT2D eigenvalue weighted by atomic mass is 10.1. The third-order valence-corrected chi connectivity index (χ3v) is 5.43. The molecular weight excluding hydrogens is 505 g/mol. The van der Waals surface area contributed by atoms with Gasteiger partial charge in [0.15, 0.2) is 5.96 Å². The van der Waals surface area contributed by atoms with E-state index in [9.17, 15) is 0 Å².